The Morgan fingerprint density at radius 2 is 1.68 bits per heavy atom. The lowest BCUT2D eigenvalue weighted by atomic mass is 9.90. The Hall–Kier alpha value is -2.04. The first-order valence-corrected chi connectivity index (χ1v) is 7.23. The second-order valence-electron chi connectivity index (χ2n) is 6.59. The van der Waals surface area contributed by atoms with E-state index in [9.17, 15) is 19.8 Å². The summed E-state index contributed by atoms with van der Waals surface area (Å²) in [6, 6.07) is 3.18. The molecule has 0 bridgehead atoms. The summed E-state index contributed by atoms with van der Waals surface area (Å²) in [5.41, 5.74) is 1.83. The molecule has 1 aromatic rings. The van der Waals surface area contributed by atoms with Gasteiger partial charge in [-0.15, -0.1) is 0 Å². The topological polar surface area (TPSA) is 83.8 Å². The highest BCUT2D eigenvalue weighted by molar-refractivity contribution is 5.79. The molecule has 0 fully saturated rings. The minimum absolute atomic E-state index is 0.151. The van der Waals surface area contributed by atoms with Crippen molar-refractivity contribution in [3.05, 3.63) is 28.8 Å². The lowest BCUT2D eigenvalue weighted by Crippen LogP contribution is -2.28. The van der Waals surface area contributed by atoms with E-state index in [0.29, 0.717) is 0 Å². The summed E-state index contributed by atoms with van der Waals surface area (Å²) >= 11 is 0. The van der Waals surface area contributed by atoms with Crippen LogP contribution >= 0.6 is 0 Å². The fraction of sp³-hybridized carbons (Fsp3) is 0.529. The molecule has 22 heavy (non-hydrogen) atoms. The van der Waals surface area contributed by atoms with Crippen molar-refractivity contribution in [1.82, 2.24) is 0 Å². The van der Waals surface area contributed by atoms with Gasteiger partial charge in [0.25, 0.3) is 0 Å². The second kappa shape index (κ2) is 6.81. The quantitative estimate of drug-likeness (QED) is 0.817. The minimum atomic E-state index is -1.03. The molecule has 122 valence electrons. The van der Waals surface area contributed by atoms with Crippen LogP contribution in [0, 0.1) is 19.8 Å². The Labute approximate surface area is 130 Å². The van der Waals surface area contributed by atoms with Gasteiger partial charge in [0.1, 0.15) is 11.4 Å². The monoisotopic (exact) mass is 308 g/mol. The molecule has 2 N–H and O–H groups in total. The number of carbonyl (C=O) groups excluding carboxylic acids is 1. The molecule has 0 aromatic heterocycles. The standard InChI is InChI=1S/C17H24O5/c1-10-6-13(18)7-11(2)14(10)8-12(16(20)21)9-15(19)22-17(3,4)5/h6-7,12,18H,8-9H2,1-5H3,(H,20,21). The van der Waals surface area contributed by atoms with E-state index in [2.05, 4.69) is 0 Å². The molecule has 0 saturated carbocycles. The number of carboxylic acids is 1. The van der Waals surface area contributed by atoms with Crippen LogP contribution in [0.4, 0.5) is 0 Å². The van der Waals surface area contributed by atoms with Crippen molar-refractivity contribution in [1.29, 1.82) is 0 Å². The average molecular weight is 308 g/mol. The summed E-state index contributed by atoms with van der Waals surface area (Å²) in [7, 11) is 0. The SMILES string of the molecule is Cc1cc(O)cc(C)c1CC(CC(=O)OC(C)(C)C)C(=O)O. The van der Waals surface area contributed by atoms with Gasteiger partial charge in [0.2, 0.25) is 0 Å². The maximum atomic E-state index is 11.9. The number of carboxylic acid groups (broad SMARTS) is 1. The molecule has 0 aliphatic carbocycles. The highest BCUT2D eigenvalue weighted by Gasteiger charge is 2.26. The lowest BCUT2D eigenvalue weighted by Gasteiger charge is -2.21. The number of aliphatic carboxylic acids is 1. The van der Waals surface area contributed by atoms with Crippen molar-refractivity contribution in [2.75, 3.05) is 0 Å². The molecule has 0 amide bonds. The lowest BCUT2D eigenvalue weighted by molar-refractivity contribution is -0.159. The number of hydrogen-bond acceptors (Lipinski definition) is 4. The van der Waals surface area contributed by atoms with Crippen LogP contribution in [-0.4, -0.2) is 27.8 Å². The molecule has 0 aliphatic heterocycles. The number of ether oxygens (including phenoxy) is 1. The molecule has 1 unspecified atom stereocenters. The van der Waals surface area contributed by atoms with Gasteiger partial charge < -0.3 is 14.9 Å². The Morgan fingerprint density at radius 1 is 1.18 bits per heavy atom. The van der Waals surface area contributed by atoms with Gasteiger partial charge in [0, 0.05) is 0 Å². The van der Waals surface area contributed by atoms with Crippen LogP contribution in [-0.2, 0) is 20.7 Å². The van der Waals surface area contributed by atoms with Crippen LogP contribution in [0.15, 0.2) is 12.1 Å². The molecule has 0 aliphatic rings. The van der Waals surface area contributed by atoms with E-state index < -0.39 is 23.5 Å². The van der Waals surface area contributed by atoms with Crippen molar-refractivity contribution < 1.29 is 24.5 Å². The Bertz CT molecular complexity index is 546. The molecule has 5 nitrogen and oxygen atoms in total. The molecule has 1 rings (SSSR count). The molecule has 0 heterocycles. The first-order valence-electron chi connectivity index (χ1n) is 7.23. The van der Waals surface area contributed by atoms with Gasteiger partial charge in [0.15, 0.2) is 0 Å². The van der Waals surface area contributed by atoms with Crippen molar-refractivity contribution in [2.45, 2.75) is 53.1 Å². The summed E-state index contributed by atoms with van der Waals surface area (Å²) < 4.78 is 5.19. The Morgan fingerprint density at radius 3 is 2.09 bits per heavy atom. The molecular weight excluding hydrogens is 284 g/mol. The zero-order valence-corrected chi connectivity index (χ0v) is 13.8. The van der Waals surface area contributed by atoms with E-state index in [1.165, 1.54) is 0 Å². The number of benzene rings is 1. The van der Waals surface area contributed by atoms with Crippen molar-refractivity contribution in [3.63, 3.8) is 0 Å². The van der Waals surface area contributed by atoms with Gasteiger partial charge >= 0.3 is 11.9 Å². The van der Waals surface area contributed by atoms with E-state index >= 15 is 0 Å². The number of phenolic OH excluding ortho intramolecular Hbond substituents is 1. The summed E-state index contributed by atoms with van der Waals surface area (Å²) in [4.78, 5) is 23.3. The first-order chi connectivity index (χ1) is 9.99. The van der Waals surface area contributed by atoms with E-state index in [4.69, 9.17) is 4.74 Å². The van der Waals surface area contributed by atoms with E-state index in [1.807, 2.05) is 13.8 Å². The van der Waals surface area contributed by atoms with Gasteiger partial charge in [-0.3, -0.25) is 9.59 Å². The third kappa shape index (κ3) is 5.39. The second-order valence-corrected chi connectivity index (χ2v) is 6.59. The normalized spacial score (nSPS) is 12.8. The van der Waals surface area contributed by atoms with Gasteiger partial charge in [-0.1, -0.05) is 0 Å². The van der Waals surface area contributed by atoms with Crippen molar-refractivity contribution in [2.24, 2.45) is 5.92 Å². The van der Waals surface area contributed by atoms with E-state index in [-0.39, 0.29) is 18.6 Å². The predicted molar refractivity (Wildman–Crippen MR) is 82.9 cm³/mol. The number of carbonyl (C=O) groups is 2. The molecule has 0 saturated heterocycles. The summed E-state index contributed by atoms with van der Waals surface area (Å²) in [6.07, 6.45) is 0.0544. The molecule has 0 spiro atoms. The van der Waals surface area contributed by atoms with E-state index in [0.717, 1.165) is 16.7 Å². The highest BCUT2D eigenvalue weighted by Crippen LogP contribution is 2.25. The highest BCUT2D eigenvalue weighted by atomic mass is 16.6. The van der Waals surface area contributed by atoms with Crippen LogP contribution in [0.3, 0.4) is 0 Å². The van der Waals surface area contributed by atoms with Crippen LogP contribution in [0.1, 0.15) is 43.9 Å². The number of hydrogen-bond donors (Lipinski definition) is 2. The molecule has 5 heteroatoms. The largest absolute Gasteiger partial charge is 0.508 e. The molecular formula is C17H24O5. The van der Waals surface area contributed by atoms with Crippen LogP contribution in [0.2, 0.25) is 0 Å². The number of aryl methyl sites for hydroxylation is 2. The molecule has 1 atom stereocenters. The average Bonchev–Trinajstić information content (AvgIpc) is 2.29. The number of aromatic hydroxyl groups is 1. The molecule has 0 radical (unpaired) electrons. The van der Waals surface area contributed by atoms with Gasteiger partial charge in [0.05, 0.1) is 12.3 Å². The van der Waals surface area contributed by atoms with Crippen LogP contribution in [0.5, 0.6) is 5.75 Å². The van der Waals surface area contributed by atoms with Gasteiger partial charge in [-0.05, 0) is 69.9 Å². The summed E-state index contributed by atoms with van der Waals surface area (Å²) in [6.45, 7) is 8.86. The smallest absolute Gasteiger partial charge is 0.307 e. The Kier molecular flexibility index (Phi) is 5.58. The molecule has 1 aromatic carbocycles. The maximum absolute atomic E-state index is 11.9. The third-order valence-electron chi connectivity index (χ3n) is 3.31. The van der Waals surface area contributed by atoms with Crippen molar-refractivity contribution >= 4 is 11.9 Å². The van der Waals surface area contributed by atoms with E-state index in [1.54, 1.807) is 32.9 Å². The number of rotatable bonds is 5. The Balaban J connectivity index is 2.90. The predicted octanol–water partition coefficient (Wildman–Crippen LogP) is 2.98. The maximum Gasteiger partial charge on any atom is 0.307 e. The van der Waals surface area contributed by atoms with Crippen LogP contribution in [0.25, 0.3) is 0 Å². The zero-order valence-electron chi connectivity index (χ0n) is 13.8. The minimum Gasteiger partial charge on any atom is -0.508 e. The fourth-order valence-electron chi connectivity index (χ4n) is 2.37. The zero-order chi connectivity index (χ0) is 17.1. The van der Waals surface area contributed by atoms with Gasteiger partial charge in [-0.25, -0.2) is 0 Å². The summed E-state index contributed by atoms with van der Waals surface area (Å²) in [5, 5.41) is 18.9. The van der Waals surface area contributed by atoms with Crippen molar-refractivity contribution in [3.8, 4) is 5.75 Å². The number of esters is 1. The summed E-state index contributed by atoms with van der Waals surface area (Å²) in [5.74, 6) is -2.25. The third-order valence-corrected chi connectivity index (χ3v) is 3.31. The first kappa shape index (κ1) is 18.0. The van der Waals surface area contributed by atoms with Crippen LogP contribution < -0.4 is 0 Å². The number of phenols is 1. The van der Waals surface area contributed by atoms with Gasteiger partial charge in [-0.2, -0.15) is 0 Å². The fourth-order valence-corrected chi connectivity index (χ4v) is 2.37.